The van der Waals surface area contributed by atoms with Gasteiger partial charge >= 0.3 is 5.97 Å². The molecule has 0 atom stereocenters. The molecule has 0 bridgehead atoms. The molecule has 126 valence electrons. The van der Waals surface area contributed by atoms with Crippen LogP contribution in [0.5, 0.6) is 0 Å². The lowest BCUT2D eigenvalue weighted by Gasteiger charge is -2.10. The number of nitrogens with one attached hydrogen (secondary N) is 1. The lowest BCUT2D eigenvalue weighted by molar-refractivity contribution is -0.114. The van der Waals surface area contributed by atoms with Crippen LogP contribution in [0.25, 0.3) is 21.7 Å². The first-order valence-electron chi connectivity index (χ1n) is 7.49. The highest BCUT2D eigenvalue weighted by atomic mass is 32.1. The number of amides is 1. The van der Waals surface area contributed by atoms with Crippen molar-refractivity contribution >= 4 is 29.0 Å². The summed E-state index contributed by atoms with van der Waals surface area (Å²) in [7, 11) is 0. The first kappa shape index (κ1) is 16.8. The quantitative estimate of drug-likeness (QED) is 0.743. The van der Waals surface area contributed by atoms with Gasteiger partial charge in [0.05, 0.1) is 6.20 Å². The molecule has 6 nitrogen and oxygen atoms in total. The Labute approximate surface area is 148 Å². The van der Waals surface area contributed by atoms with Crippen LogP contribution in [-0.4, -0.2) is 27.0 Å². The lowest BCUT2D eigenvalue weighted by Crippen LogP contribution is -2.08. The zero-order valence-electron chi connectivity index (χ0n) is 13.6. The lowest BCUT2D eigenvalue weighted by atomic mass is 10.00. The number of anilines is 1. The maximum absolute atomic E-state index is 11.3. The van der Waals surface area contributed by atoms with Crippen molar-refractivity contribution in [3.05, 3.63) is 53.2 Å². The third-order valence-corrected chi connectivity index (χ3v) is 4.46. The van der Waals surface area contributed by atoms with Gasteiger partial charge in [-0.15, -0.1) is 11.3 Å². The second-order valence-corrected chi connectivity index (χ2v) is 6.47. The van der Waals surface area contributed by atoms with E-state index in [1.165, 1.54) is 13.1 Å². The van der Waals surface area contributed by atoms with E-state index in [1.54, 1.807) is 6.07 Å². The Morgan fingerprint density at radius 3 is 2.52 bits per heavy atom. The number of aromatic carboxylic acids is 1. The minimum Gasteiger partial charge on any atom is -0.477 e. The second-order valence-electron chi connectivity index (χ2n) is 5.44. The highest BCUT2D eigenvalue weighted by molar-refractivity contribution is 7.16. The molecule has 0 saturated carbocycles. The number of thiazole rings is 1. The molecule has 1 aromatic carbocycles. The Hall–Kier alpha value is -3.06. The van der Waals surface area contributed by atoms with Crippen LogP contribution in [0.4, 0.5) is 5.82 Å². The fourth-order valence-electron chi connectivity index (χ4n) is 2.49. The average Bonchev–Trinajstić information content (AvgIpc) is 3.04. The van der Waals surface area contributed by atoms with Crippen LogP contribution >= 0.6 is 11.3 Å². The number of carboxylic acids is 1. The number of rotatable bonds is 4. The standard InChI is InChI=1S/C18H15N3O3S/c1-10-7-12(8-16(20-10)21-11(2)22)13-5-3-4-6-14(13)17-19-9-15(25-17)18(23)24/h3-9H,1-2H3,(H,23,24)(H,20,21,22). The van der Waals surface area contributed by atoms with Gasteiger partial charge in [0.15, 0.2) is 0 Å². The predicted molar refractivity (Wildman–Crippen MR) is 96.8 cm³/mol. The molecule has 3 rings (SSSR count). The van der Waals surface area contributed by atoms with Crippen molar-refractivity contribution < 1.29 is 14.7 Å². The molecule has 7 heteroatoms. The number of aryl methyl sites for hydroxylation is 1. The first-order chi connectivity index (χ1) is 11.9. The Bertz CT molecular complexity index is 966. The maximum atomic E-state index is 11.3. The van der Waals surface area contributed by atoms with E-state index in [0.29, 0.717) is 10.8 Å². The van der Waals surface area contributed by atoms with Gasteiger partial charge in [-0.3, -0.25) is 4.79 Å². The van der Waals surface area contributed by atoms with Gasteiger partial charge in [0.2, 0.25) is 5.91 Å². The molecule has 2 heterocycles. The first-order valence-corrected chi connectivity index (χ1v) is 8.31. The summed E-state index contributed by atoms with van der Waals surface area (Å²) in [5, 5.41) is 12.4. The monoisotopic (exact) mass is 353 g/mol. The Morgan fingerprint density at radius 2 is 1.88 bits per heavy atom. The molecular weight excluding hydrogens is 338 g/mol. The molecule has 0 aliphatic rings. The highest BCUT2D eigenvalue weighted by Crippen LogP contribution is 2.35. The number of hydrogen-bond acceptors (Lipinski definition) is 5. The van der Waals surface area contributed by atoms with Crippen LogP contribution in [0.2, 0.25) is 0 Å². The summed E-state index contributed by atoms with van der Waals surface area (Å²) in [6.07, 6.45) is 1.36. The molecule has 0 radical (unpaired) electrons. The number of hydrogen-bond donors (Lipinski definition) is 2. The minimum absolute atomic E-state index is 0.189. The van der Waals surface area contributed by atoms with Gasteiger partial charge in [0.1, 0.15) is 15.7 Å². The minimum atomic E-state index is -0.992. The summed E-state index contributed by atoms with van der Waals surface area (Å²) in [6, 6.07) is 11.3. The van der Waals surface area contributed by atoms with E-state index in [0.717, 1.165) is 33.7 Å². The van der Waals surface area contributed by atoms with Crippen LogP contribution in [0, 0.1) is 6.92 Å². The van der Waals surface area contributed by atoms with Crippen molar-refractivity contribution in [2.45, 2.75) is 13.8 Å². The van der Waals surface area contributed by atoms with Gasteiger partial charge in [-0.05, 0) is 30.2 Å². The van der Waals surface area contributed by atoms with Gasteiger partial charge < -0.3 is 10.4 Å². The largest absolute Gasteiger partial charge is 0.477 e. The fourth-order valence-corrected chi connectivity index (χ4v) is 3.28. The number of pyridine rings is 1. The van der Waals surface area contributed by atoms with Gasteiger partial charge in [0, 0.05) is 18.2 Å². The van der Waals surface area contributed by atoms with E-state index in [-0.39, 0.29) is 10.8 Å². The molecule has 0 aliphatic heterocycles. The third-order valence-electron chi connectivity index (χ3n) is 3.44. The summed E-state index contributed by atoms with van der Waals surface area (Å²) in [5.41, 5.74) is 3.37. The van der Waals surface area contributed by atoms with Gasteiger partial charge in [0.25, 0.3) is 0 Å². The summed E-state index contributed by atoms with van der Waals surface area (Å²) < 4.78 is 0. The molecule has 0 unspecified atom stereocenters. The number of carbonyl (C=O) groups excluding carboxylic acids is 1. The smallest absolute Gasteiger partial charge is 0.347 e. The van der Waals surface area contributed by atoms with E-state index >= 15 is 0 Å². The summed E-state index contributed by atoms with van der Waals surface area (Å²) >= 11 is 1.13. The van der Waals surface area contributed by atoms with Crippen molar-refractivity contribution in [2.75, 3.05) is 5.32 Å². The van der Waals surface area contributed by atoms with Crippen molar-refractivity contribution in [3.8, 4) is 21.7 Å². The molecule has 25 heavy (non-hydrogen) atoms. The SMILES string of the molecule is CC(=O)Nc1cc(-c2ccccc2-c2ncc(C(=O)O)s2)cc(C)n1. The van der Waals surface area contributed by atoms with Gasteiger partial charge in [-0.2, -0.15) is 0 Å². The Balaban J connectivity index is 2.10. The number of carboxylic acid groups (broad SMARTS) is 1. The van der Waals surface area contributed by atoms with Crippen LogP contribution in [-0.2, 0) is 4.79 Å². The Morgan fingerprint density at radius 1 is 1.16 bits per heavy atom. The maximum Gasteiger partial charge on any atom is 0.347 e. The summed E-state index contributed by atoms with van der Waals surface area (Å²) in [5.74, 6) is -0.708. The zero-order chi connectivity index (χ0) is 18.0. The van der Waals surface area contributed by atoms with Crippen molar-refractivity contribution in [3.63, 3.8) is 0 Å². The van der Waals surface area contributed by atoms with E-state index in [1.807, 2.05) is 37.3 Å². The predicted octanol–water partition coefficient (Wildman–Crippen LogP) is 3.84. The van der Waals surface area contributed by atoms with Crippen molar-refractivity contribution in [1.29, 1.82) is 0 Å². The summed E-state index contributed by atoms with van der Waals surface area (Å²) in [4.78, 5) is 31.2. The van der Waals surface area contributed by atoms with Crippen LogP contribution < -0.4 is 5.32 Å². The topological polar surface area (TPSA) is 92.2 Å². The van der Waals surface area contributed by atoms with Crippen molar-refractivity contribution in [1.82, 2.24) is 9.97 Å². The van der Waals surface area contributed by atoms with E-state index in [2.05, 4.69) is 15.3 Å². The van der Waals surface area contributed by atoms with E-state index in [4.69, 9.17) is 5.11 Å². The summed E-state index contributed by atoms with van der Waals surface area (Å²) in [6.45, 7) is 3.28. The zero-order valence-corrected chi connectivity index (χ0v) is 14.4. The van der Waals surface area contributed by atoms with E-state index < -0.39 is 5.97 Å². The van der Waals surface area contributed by atoms with Gasteiger partial charge in [-0.1, -0.05) is 24.3 Å². The molecule has 2 N–H and O–H groups in total. The number of benzene rings is 1. The van der Waals surface area contributed by atoms with Crippen LogP contribution in [0.1, 0.15) is 22.3 Å². The highest BCUT2D eigenvalue weighted by Gasteiger charge is 2.14. The number of carbonyl (C=O) groups is 2. The average molecular weight is 353 g/mol. The third kappa shape index (κ3) is 3.72. The molecule has 2 aromatic heterocycles. The molecule has 0 saturated heterocycles. The fraction of sp³-hybridized carbons (Fsp3) is 0.111. The van der Waals surface area contributed by atoms with E-state index in [9.17, 15) is 9.59 Å². The van der Waals surface area contributed by atoms with Gasteiger partial charge in [-0.25, -0.2) is 14.8 Å². The second kappa shape index (κ2) is 6.82. The molecule has 0 aliphatic carbocycles. The molecule has 0 fully saturated rings. The van der Waals surface area contributed by atoms with Crippen LogP contribution in [0.15, 0.2) is 42.6 Å². The molecule has 0 spiro atoms. The normalized spacial score (nSPS) is 10.5. The Kier molecular flexibility index (Phi) is 4.58. The number of nitrogens with zero attached hydrogens (tertiary/aromatic N) is 2. The van der Waals surface area contributed by atoms with Crippen LogP contribution in [0.3, 0.4) is 0 Å². The molecule has 3 aromatic rings. The number of aromatic nitrogens is 2. The molecular formula is C18H15N3O3S. The van der Waals surface area contributed by atoms with Crippen molar-refractivity contribution in [2.24, 2.45) is 0 Å². The molecule has 1 amide bonds.